The molecule has 0 aliphatic heterocycles. The molecule has 0 radical (unpaired) electrons. The maximum Gasteiger partial charge on any atom is 0.0796 e. The Hall–Kier alpha value is -2.10. The van der Waals surface area contributed by atoms with Crippen LogP contribution in [0.25, 0.3) is 44.2 Å². The molecule has 0 saturated heterocycles. The molecule has 2 heterocycles. The molecule has 0 fully saturated rings. The molecule has 0 aliphatic carbocycles. The zero-order valence-corrected chi connectivity index (χ0v) is 23.9. The van der Waals surface area contributed by atoms with E-state index in [9.17, 15) is 0 Å². The van der Waals surface area contributed by atoms with Gasteiger partial charge in [-0.3, -0.25) is 0 Å². The van der Waals surface area contributed by atoms with E-state index in [0.29, 0.717) is 0 Å². The molecule has 0 aliphatic rings. The molecule has 6 rings (SSSR count). The van der Waals surface area contributed by atoms with Gasteiger partial charge in [0.15, 0.2) is 0 Å². The van der Waals surface area contributed by atoms with Crippen LogP contribution in [0, 0.1) is 0 Å². The predicted molar refractivity (Wildman–Crippen MR) is 132 cm³/mol. The zero-order valence-electron chi connectivity index (χ0n) is 19.0. The fourth-order valence-electron chi connectivity index (χ4n) is 3.47. The van der Waals surface area contributed by atoms with Crippen molar-refractivity contribution in [2.75, 3.05) is 0 Å². The summed E-state index contributed by atoms with van der Waals surface area (Å²) in [7, 11) is 0. The van der Waals surface area contributed by atoms with Crippen LogP contribution in [0.15, 0.2) is 118 Å². The molecule has 34 heavy (non-hydrogen) atoms. The van der Waals surface area contributed by atoms with E-state index in [1.165, 1.54) is 21.5 Å². The summed E-state index contributed by atoms with van der Waals surface area (Å²) in [4.78, 5) is 0. The maximum absolute atomic E-state index is 5.35. The molecule has 0 saturated carbocycles. The summed E-state index contributed by atoms with van der Waals surface area (Å²) >= 11 is 1.74. The number of hydrogen-bond donors (Lipinski definition) is 0. The minimum absolute atomic E-state index is 0. The molecule has 6 aromatic rings. The van der Waals surface area contributed by atoms with E-state index in [1.807, 2.05) is 48.5 Å². The van der Waals surface area contributed by atoms with Gasteiger partial charge >= 0.3 is 41.9 Å². The van der Waals surface area contributed by atoms with E-state index in [1.54, 1.807) is 35.9 Å². The second-order valence-electron chi connectivity index (χ2n) is 7.70. The number of hydrogen-bond acceptors (Lipinski definition) is 2. The molecule has 0 unspecified atom stereocenters. The van der Waals surface area contributed by atoms with Gasteiger partial charge in [0, 0.05) is 0 Å². The fraction of sp³-hybridized carbons (Fsp3) is 0.0714. The van der Waals surface area contributed by atoms with Gasteiger partial charge in [0.1, 0.15) is 0 Å². The largest absolute Gasteiger partial charge is 1.00 e. The first-order valence-electron chi connectivity index (χ1n) is 10.5. The fourth-order valence-corrected chi connectivity index (χ4v) is 3.47. The average Bonchev–Trinajstić information content (AvgIpc) is 3.59. The van der Waals surface area contributed by atoms with Crippen molar-refractivity contribution in [3.63, 3.8) is 0 Å². The summed E-state index contributed by atoms with van der Waals surface area (Å²) in [5.41, 5.74) is 2.51. The van der Waals surface area contributed by atoms with Crippen molar-refractivity contribution >= 4 is 27.0 Å². The van der Waals surface area contributed by atoms with Crippen LogP contribution in [0.4, 0.5) is 0 Å². The summed E-state index contributed by atoms with van der Waals surface area (Å²) in [5, 5.41) is 5.05. The Balaban J connectivity index is 0.000000198. The SMILES string of the molecule is C[Si](C)=[Zr+2].[Cl-].[Cl-].c1coc(-c2cc3ccccc3[cH-]2)c1.c1coc(-c2cc3ccccc3[cH-]2)c1. The van der Waals surface area contributed by atoms with Gasteiger partial charge in [-0.1, -0.05) is 59.7 Å². The number of fused-ring (bicyclic) bond motifs is 2. The predicted octanol–water partition coefficient (Wildman–Crippen LogP) is 2.43. The number of benzene rings is 2. The van der Waals surface area contributed by atoms with Crippen LogP contribution in [0.5, 0.6) is 0 Å². The Morgan fingerprint density at radius 3 is 1.32 bits per heavy atom. The van der Waals surface area contributed by atoms with Crippen LogP contribution in [0.2, 0.25) is 13.1 Å². The van der Waals surface area contributed by atoms with E-state index in [2.05, 4.69) is 61.6 Å². The Morgan fingerprint density at radius 1 is 0.618 bits per heavy atom. The first-order valence-corrected chi connectivity index (χ1v) is 16.7. The van der Waals surface area contributed by atoms with Crippen LogP contribution in [-0.4, -0.2) is 5.43 Å². The van der Waals surface area contributed by atoms with Crippen molar-refractivity contribution in [3.05, 3.63) is 110 Å². The first-order chi connectivity index (χ1) is 15.6. The Bertz CT molecular complexity index is 1240. The van der Waals surface area contributed by atoms with Gasteiger partial charge in [0.05, 0.1) is 24.0 Å². The molecule has 2 aromatic heterocycles. The smallest absolute Gasteiger partial charge is 0.0796 e. The molecular formula is C28H24Cl2O2SiZr-2. The van der Waals surface area contributed by atoms with Crippen molar-refractivity contribution in [2.24, 2.45) is 0 Å². The third kappa shape index (κ3) is 7.45. The van der Waals surface area contributed by atoms with E-state index >= 15 is 0 Å². The third-order valence-corrected chi connectivity index (χ3v) is 4.85. The van der Waals surface area contributed by atoms with Gasteiger partial charge in [0.2, 0.25) is 0 Å². The van der Waals surface area contributed by atoms with Crippen molar-refractivity contribution in [2.45, 2.75) is 13.1 Å². The normalized spacial score (nSPS) is 9.76. The molecular weight excluding hydrogens is 559 g/mol. The number of furan rings is 2. The van der Waals surface area contributed by atoms with Crippen molar-refractivity contribution < 1.29 is 57.0 Å². The molecule has 2 nitrogen and oxygen atoms in total. The summed E-state index contributed by atoms with van der Waals surface area (Å²) in [6.45, 7) is 4.62. The van der Waals surface area contributed by atoms with Gasteiger partial charge in [-0.05, 0) is 12.1 Å². The molecule has 172 valence electrons. The Kier molecular flexibility index (Phi) is 11.3. The minimum Gasteiger partial charge on any atom is -1.00 e. The molecule has 4 aromatic carbocycles. The minimum atomic E-state index is 0. The summed E-state index contributed by atoms with van der Waals surface area (Å²) in [6, 6.07) is 33.0. The number of rotatable bonds is 2. The molecule has 0 N–H and O–H groups in total. The topological polar surface area (TPSA) is 26.3 Å². The maximum atomic E-state index is 5.35. The van der Waals surface area contributed by atoms with Crippen LogP contribution in [0.3, 0.4) is 0 Å². The third-order valence-electron chi connectivity index (χ3n) is 4.85. The van der Waals surface area contributed by atoms with E-state index < -0.39 is 0 Å². The van der Waals surface area contributed by atoms with E-state index in [4.69, 9.17) is 8.83 Å². The van der Waals surface area contributed by atoms with Crippen LogP contribution in [0.1, 0.15) is 0 Å². The Morgan fingerprint density at radius 2 is 1.00 bits per heavy atom. The van der Waals surface area contributed by atoms with Gasteiger partial charge in [0.25, 0.3) is 0 Å². The van der Waals surface area contributed by atoms with Crippen molar-refractivity contribution in [1.82, 2.24) is 0 Å². The van der Waals surface area contributed by atoms with Crippen LogP contribution >= 0.6 is 0 Å². The zero-order chi connectivity index (χ0) is 22.3. The van der Waals surface area contributed by atoms with E-state index in [-0.39, 0.29) is 30.2 Å². The molecule has 0 bridgehead atoms. The average molecular weight is 583 g/mol. The molecule has 0 spiro atoms. The van der Waals surface area contributed by atoms with Crippen LogP contribution in [-0.2, 0) is 23.3 Å². The monoisotopic (exact) mass is 580 g/mol. The molecule has 6 heteroatoms. The van der Waals surface area contributed by atoms with Gasteiger partial charge in [-0.2, -0.15) is 0 Å². The van der Waals surface area contributed by atoms with E-state index in [0.717, 1.165) is 22.6 Å². The second kappa shape index (κ2) is 13.7. The van der Waals surface area contributed by atoms with Gasteiger partial charge in [-0.15, -0.1) is 57.9 Å². The van der Waals surface area contributed by atoms with Crippen molar-refractivity contribution in [3.8, 4) is 22.6 Å². The summed E-state index contributed by atoms with van der Waals surface area (Å²) < 4.78 is 10.7. The number of halogens is 2. The van der Waals surface area contributed by atoms with Crippen LogP contribution < -0.4 is 24.8 Å². The van der Waals surface area contributed by atoms with Gasteiger partial charge in [-0.25, -0.2) is 0 Å². The summed E-state index contributed by atoms with van der Waals surface area (Å²) in [6.07, 6.45) is 3.40. The second-order valence-corrected chi connectivity index (χ2v) is 17.1. The standard InChI is InChI=1S/2C13H9O.C2H6Si.2ClH.Zr/c2*1-2-5-11-9-12(8-10(11)4-1)13-6-3-7-14-13;1-3-2;;;/h2*1-9H;1-2H3;2*1H;/q2*-1;;;;+2/p-2. The molecule has 0 atom stereocenters. The quantitative estimate of drug-likeness (QED) is 0.232. The first kappa shape index (κ1) is 28.1. The molecule has 0 amide bonds. The van der Waals surface area contributed by atoms with Gasteiger partial charge < -0.3 is 33.6 Å². The van der Waals surface area contributed by atoms with Crippen molar-refractivity contribution in [1.29, 1.82) is 0 Å². The Labute approximate surface area is 227 Å². The summed E-state index contributed by atoms with van der Waals surface area (Å²) in [5.74, 6) is 1.86.